The highest BCUT2D eigenvalue weighted by Gasteiger charge is 2.28. The van der Waals surface area contributed by atoms with E-state index in [1.165, 1.54) is 0 Å². The van der Waals surface area contributed by atoms with E-state index in [-0.39, 0.29) is 5.56 Å². The van der Waals surface area contributed by atoms with E-state index >= 15 is 0 Å². The predicted molar refractivity (Wildman–Crippen MR) is 124 cm³/mol. The van der Waals surface area contributed by atoms with Crippen molar-refractivity contribution in [2.75, 3.05) is 6.61 Å². The molecule has 1 aromatic carbocycles. The molecule has 0 spiro atoms. The lowest BCUT2D eigenvalue weighted by Gasteiger charge is -2.29. The number of carboxylic acid groups (broad SMARTS) is 1. The summed E-state index contributed by atoms with van der Waals surface area (Å²) in [6.07, 6.45) is 3.20. The SMILES string of the molecule is CC(C)COC(C)([SiH3])n1cc(C(=O)O)c2nc(-c3nn(C)c4cc(Cl)ccc34)cnc21. The van der Waals surface area contributed by atoms with Gasteiger partial charge in [0.25, 0.3) is 0 Å². The molecule has 1 unspecified atom stereocenters. The van der Waals surface area contributed by atoms with E-state index in [1.54, 1.807) is 27.7 Å². The number of fused-ring (bicyclic) bond motifs is 2. The zero-order valence-electron chi connectivity index (χ0n) is 18.0. The lowest BCUT2D eigenvalue weighted by molar-refractivity contribution is -0.0339. The highest BCUT2D eigenvalue weighted by atomic mass is 35.5. The van der Waals surface area contributed by atoms with Crippen molar-refractivity contribution in [3.05, 3.63) is 41.2 Å². The van der Waals surface area contributed by atoms with E-state index in [0.29, 0.717) is 50.3 Å². The van der Waals surface area contributed by atoms with Crippen molar-refractivity contribution in [1.82, 2.24) is 24.3 Å². The van der Waals surface area contributed by atoms with E-state index in [9.17, 15) is 9.90 Å². The summed E-state index contributed by atoms with van der Waals surface area (Å²) in [5.74, 6) is -0.702. The molecule has 1 N–H and O–H groups in total. The maximum Gasteiger partial charge on any atom is 0.339 e. The summed E-state index contributed by atoms with van der Waals surface area (Å²) in [5.41, 5.74) is 2.85. The molecule has 3 aromatic heterocycles. The van der Waals surface area contributed by atoms with Crippen molar-refractivity contribution >= 4 is 49.9 Å². The summed E-state index contributed by atoms with van der Waals surface area (Å²) in [4.78, 5) is 21.2. The molecule has 0 amide bonds. The molecular formula is C21H24ClN5O3Si. The minimum absolute atomic E-state index is 0.0860. The Balaban J connectivity index is 1.89. The maximum atomic E-state index is 12.0. The fraction of sp³-hybridized carbons (Fsp3) is 0.333. The molecule has 0 aliphatic rings. The summed E-state index contributed by atoms with van der Waals surface area (Å²) in [6.45, 7) is 6.66. The molecule has 10 heteroatoms. The number of hydrogen-bond acceptors (Lipinski definition) is 5. The Labute approximate surface area is 187 Å². The summed E-state index contributed by atoms with van der Waals surface area (Å²) in [7, 11) is 2.46. The summed E-state index contributed by atoms with van der Waals surface area (Å²) in [6, 6.07) is 5.50. The standard InChI is InChI=1S/C21H24ClN5O3Si/c1-11(2)10-30-21(3,31)27-9-14(20(28)29)18-19(27)23-8-15(24-18)17-13-6-5-12(22)7-16(13)26(4)25-17/h5-9,11H,10H2,1-4,31H3,(H,28,29). The lowest BCUT2D eigenvalue weighted by Crippen LogP contribution is -2.34. The van der Waals surface area contributed by atoms with Crippen LogP contribution < -0.4 is 0 Å². The summed E-state index contributed by atoms with van der Waals surface area (Å²) in [5, 5.41) is 15.2. The summed E-state index contributed by atoms with van der Waals surface area (Å²) >= 11 is 6.12. The molecule has 0 bridgehead atoms. The van der Waals surface area contributed by atoms with Crippen LogP contribution in [0.3, 0.4) is 0 Å². The fourth-order valence-electron chi connectivity index (χ4n) is 3.53. The number of hydrogen-bond donors (Lipinski definition) is 1. The Morgan fingerprint density at radius 1 is 1.39 bits per heavy atom. The zero-order valence-corrected chi connectivity index (χ0v) is 20.8. The van der Waals surface area contributed by atoms with Gasteiger partial charge in [0.05, 0.1) is 28.6 Å². The second-order valence-corrected chi connectivity index (χ2v) is 10.7. The van der Waals surface area contributed by atoms with Gasteiger partial charge >= 0.3 is 5.97 Å². The highest BCUT2D eigenvalue weighted by molar-refractivity contribution is 6.31. The van der Waals surface area contributed by atoms with Crippen LogP contribution in [-0.4, -0.2) is 52.2 Å². The minimum atomic E-state index is -1.06. The van der Waals surface area contributed by atoms with Crippen molar-refractivity contribution in [3.8, 4) is 11.4 Å². The van der Waals surface area contributed by atoms with Gasteiger partial charge in [-0.15, -0.1) is 0 Å². The number of halogens is 1. The number of rotatable bonds is 6. The monoisotopic (exact) mass is 457 g/mol. The van der Waals surface area contributed by atoms with Gasteiger partial charge < -0.3 is 14.4 Å². The third-order valence-electron chi connectivity index (χ3n) is 5.13. The Bertz CT molecular complexity index is 1310. The first-order valence-electron chi connectivity index (χ1n) is 9.97. The van der Waals surface area contributed by atoms with Crippen LogP contribution >= 0.6 is 11.6 Å². The van der Waals surface area contributed by atoms with Crippen LogP contribution in [0.5, 0.6) is 0 Å². The topological polar surface area (TPSA) is 95.1 Å². The summed E-state index contributed by atoms with van der Waals surface area (Å²) < 4.78 is 9.61. The number of carbonyl (C=O) groups is 1. The fourth-order valence-corrected chi connectivity index (χ4v) is 4.21. The Hall–Kier alpha value is -2.75. The van der Waals surface area contributed by atoms with Crippen molar-refractivity contribution in [1.29, 1.82) is 0 Å². The van der Waals surface area contributed by atoms with Crippen LogP contribution in [0, 0.1) is 5.92 Å². The predicted octanol–water partition coefficient (Wildman–Crippen LogP) is 3.00. The number of carboxylic acids is 1. The number of ether oxygens (including phenoxy) is 1. The molecule has 0 radical (unpaired) electrons. The Kier molecular flexibility index (Phi) is 5.36. The van der Waals surface area contributed by atoms with Gasteiger partial charge in [0.1, 0.15) is 27.8 Å². The molecule has 4 rings (SSSR count). The first kappa shape index (κ1) is 21.5. The highest BCUT2D eigenvalue weighted by Crippen LogP contribution is 2.31. The molecule has 8 nitrogen and oxygen atoms in total. The van der Waals surface area contributed by atoms with E-state index in [2.05, 4.69) is 28.9 Å². The van der Waals surface area contributed by atoms with Gasteiger partial charge in [-0.25, -0.2) is 14.8 Å². The van der Waals surface area contributed by atoms with Gasteiger partial charge in [-0.05, 0) is 31.0 Å². The number of nitrogens with zero attached hydrogens (tertiary/aromatic N) is 5. The molecule has 0 fully saturated rings. The van der Waals surface area contributed by atoms with Gasteiger partial charge in [-0.1, -0.05) is 25.4 Å². The number of aromatic nitrogens is 5. The van der Waals surface area contributed by atoms with Crippen LogP contribution in [0.1, 0.15) is 31.1 Å². The van der Waals surface area contributed by atoms with E-state index in [1.807, 2.05) is 26.1 Å². The number of aryl methyl sites for hydroxylation is 1. The first-order valence-corrected chi connectivity index (χ1v) is 11.3. The maximum absolute atomic E-state index is 12.0. The smallest absolute Gasteiger partial charge is 0.339 e. The van der Waals surface area contributed by atoms with Crippen molar-refractivity contribution in [3.63, 3.8) is 0 Å². The van der Waals surface area contributed by atoms with E-state index in [0.717, 1.165) is 10.9 Å². The molecule has 3 heterocycles. The van der Waals surface area contributed by atoms with E-state index in [4.69, 9.17) is 16.3 Å². The average Bonchev–Trinajstić information content (AvgIpc) is 3.25. The Morgan fingerprint density at radius 2 is 2.13 bits per heavy atom. The van der Waals surface area contributed by atoms with Gasteiger partial charge in [0.15, 0.2) is 5.65 Å². The molecule has 0 aliphatic heterocycles. The lowest BCUT2D eigenvalue weighted by atomic mass is 10.1. The second kappa shape index (κ2) is 7.74. The third-order valence-corrected chi connectivity index (χ3v) is 6.14. The van der Waals surface area contributed by atoms with Gasteiger partial charge in [0.2, 0.25) is 0 Å². The van der Waals surface area contributed by atoms with Gasteiger partial charge in [0, 0.05) is 23.7 Å². The van der Waals surface area contributed by atoms with Crippen molar-refractivity contribution in [2.45, 2.75) is 26.1 Å². The number of benzene rings is 1. The second-order valence-electron chi connectivity index (χ2n) is 8.43. The molecular weight excluding hydrogens is 434 g/mol. The number of aromatic carboxylic acids is 1. The molecule has 0 saturated carbocycles. The minimum Gasteiger partial charge on any atom is -0.478 e. The third kappa shape index (κ3) is 3.84. The van der Waals surface area contributed by atoms with Crippen LogP contribution in [0.25, 0.3) is 33.5 Å². The molecule has 1 atom stereocenters. The Morgan fingerprint density at radius 3 is 2.81 bits per heavy atom. The van der Waals surface area contributed by atoms with Crippen molar-refractivity contribution < 1.29 is 14.6 Å². The zero-order chi connectivity index (χ0) is 22.5. The van der Waals surface area contributed by atoms with Crippen LogP contribution in [-0.2, 0) is 17.1 Å². The van der Waals surface area contributed by atoms with Crippen LogP contribution in [0.4, 0.5) is 0 Å². The van der Waals surface area contributed by atoms with Crippen LogP contribution in [0.2, 0.25) is 5.02 Å². The van der Waals surface area contributed by atoms with Crippen molar-refractivity contribution in [2.24, 2.45) is 13.0 Å². The largest absolute Gasteiger partial charge is 0.478 e. The van der Waals surface area contributed by atoms with Gasteiger partial charge in [-0.3, -0.25) is 4.68 Å². The molecule has 0 aliphatic carbocycles. The molecule has 31 heavy (non-hydrogen) atoms. The average molecular weight is 458 g/mol. The first-order chi connectivity index (χ1) is 14.6. The van der Waals surface area contributed by atoms with Crippen LogP contribution in [0.15, 0.2) is 30.6 Å². The molecule has 0 saturated heterocycles. The van der Waals surface area contributed by atoms with E-state index < -0.39 is 11.3 Å². The normalized spacial score (nSPS) is 14.0. The molecule has 162 valence electrons. The van der Waals surface area contributed by atoms with Gasteiger partial charge in [-0.2, -0.15) is 5.10 Å². The molecule has 4 aromatic rings. The quantitative estimate of drug-likeness (QED) is 0.447.